The van der Waals surface area contributed by atoms with Crippen molar-refractivity contribution in [2.45, 2.75) is 26.2 Å². The molecule has 0 heterocycles. The maximum atomic E-state index is 7.02. The largest absolute Gasteiger partial charge is 0.388 e. The molecule has 0 saturated heterocycles. The van der Waals surface area contributed by atoms with Crippen LogP contribution < -0.4 is 5.73 Å². The quantitative estimate of drug-likeness (QED) is 0.447. The zero-order chi connectivity index (χ0) is 8.69. The summed E-state index contributed by atoms with van der Waals surface area (Å²) in [6.45, 7) is 4.21. The smallest absolute Gasteiger partial charge is 0.0918 e. The van der Waals surface area contributed by atoms with Gasteiger partial charge >= 0.3 is 0 Å². The van der Waals surface area contributed by atoms with Crippen LogP contribution in [0.1, 0.15) is 26.2 Å². The molecule has 3 nitrogen and oxygen atoms in total. The van der Waals surface area contributed by atoms with Crippen LogP contribution in [-0.4, -0.2) is 30.9 Å². The van der Waals surface area contributed by atoms with Crippen molar-refractivity contribution in [3.05, 3.63) is 0 Å². The van der Waals surface area contributed by atoms with E-state index in [1.807, 2.05) is 0 Å². The van der Waals surface area contributed by atoms with Crippen LogP contribution in [0.5, 0.6) is 0 Å². The van der Waals surface area contributed by atoms with E-state index in [9.17, 15) is 0 Å². The third kappa shape index (κ3) is 7.33. The highest BCUT2D eigenvalue weighted by Gasteiger charge is 1.97. The minimum absolute atomic E-state index is 0.286. The van der Waals surface area contributed by atoms with Crippen molar-refractivity contribution in [2.75, 3.05) is 20.1 Å². The average molecular weight is 157 g/mol. The summed E-state index contributed by atoms with van der Waals surface area (Å²) in [6.07, 6.45) is 3.15. The van der Waals surface area contributed by atoms with Crippen LogP contribution in [0.3, 0.4) is 0 Å². The van der Waals surface area contributed by atoms with Crippen molar-refractivity contribution in [3.8, 4) is 0 Å². The molecule has 66 valence electrons. The van der Waals surface area contributed by atoms with Gasteiger partial charge in [0.2, 0.25) is 0 Å². The summed E-state index contributed by atoms with van der Waals surface area (Å²) in [4.78, 5) is 2.21. The SMILES string of the molecule is CCCCN(C)CCC(=N)N. The second-order valence-electron chi connectivity index (χ2n) is 2.93. The molecule has 3 N–H and O–H groups in total. The molecular weight excluding hydrogens is 138 g/mol. The van der Waals surface area contributed by atoms with Crippen molar-refractivity contribution >= 4 is 5.84 Å². The molecule has 0 atom stereocenters. The summed E-state index contributed by atoms with van der Waals surface area (Å²) in [6, 6.07) is 0. The fraction of sp³-hybridized carbons (Fsp3) is 0.875. The topological polar surface area (TPSA) is 53.1 Å². The molecule has 0 spiro atoms. The maximum Gasteiger partial charge on any atom is 0.0918 e. The number of nitrogens with one attached hydrogen (secondary N) is 1. The third-order valence-corrected chi connectivity index (χ3v) is 1.66. The molecule has 0 aliphatic rings. The highest BCUT2D eigenvalue weighted by Crippen LogP contribution is 1.92. The van der Waals surface area contributed by atoms with Crippen LogP contribution in [-0.2, 0) is 0 Å². The second-order valence-corrected chi connectivity index (χ2v) is 2.93. The van der Waals surface area contributed by atoms with E-state index in [1.54, 1.807) is 0 Å². The van der Waals surface area contributed by atoms with Gasteiger partial charge in [-0.25, -0.2) is 0 Å². The van der Waals surface area contributed by atoms with Crippen molar-refractivity contribution in [1.82, 2.24) is 4.90 Å². The molecule has 0 aromatic heterocycles. The first-order valence-electron chi connectivity index (χ1n) is 4.18. The van der Waals surface area contributed by atoms with Crippen LogP contribution in [0, 0.1) is 5.41 Å². The number of hydrogen-bond donors (Lipinski definition) is 2. The third-order valence-electron chi connectivity index (χ3n) is 1.66. The molecule has 3 heteroatoms. The van der Waals surface area contributed by atoms with Crippen molar-refractivity contribution < 1.29 is 0 Å². The number of nitrogens with zero attached hydrogens (tertiary/aromatic N) is 1. The lowest BCUT2D eigenvalue weighted by Gasteiger charge is -2.14. The first-order valence-corrected chi connectivity index (χ1v) is 4.18. The van der Waals surface area contributed by atoms with E-state index in [2.05, 4.69) is 18.9 Å². The predicted octanol–water partition coefficient (Wildman–Crippen LogP) is 1.04. The number of rotatable bonds is 6. The van der Waals surface area contributed by atoms with E-state index in [0.717, 1.165) is 13.1 Å². The van der Waals surface area contributed by atoms with Crippen molar-refractivity contribution in [2.24, 2.45) is 5.73 Å². The van der Waals surface area contributed by atoms with Crippen molar-refractivity contribution in [3.63, 3.8) is 0 Å². The van der Waals surface area contributed by atoms with Gasteiger partial charge in [0.05, 0.1) is 5.84 Å². The highest BCUT2D eigenvalue weighted by molar-refractivity contribution is 5.76. The van der Waals surface area contributed by atoms with Gasteiger partial charge in [0, 0.05) is 13.0 Å². The summed E-state index contributed by atoms with van der Waals surface area (Å²) in [7, 11) is 2.07. The molecule has 0 amide bonds. The normalized spacial score (nSPS) is 10.5. The second kappa shape index (κ2) is 6.16. The lowest BCUT2D eigenvalue weighted by molar-refractivity contribution is 0.337. The Morgan fingerprint density at radius 3 is 2.55 bits per heavy atom. The minimum atomic E-state index is 0.286. The fourth-order valence-corrected chi connectivity index (χ4v) is 0.851. The Kier molecular flexibility index (Phi) is 5.84. The van der Waals surface area contributed by atoms with Gasteiger partial charge in [-0.1, -0.05) is 13.3 Å². The molecule has 0 unspecified atom stereocenters. The van der Waals surface area contributed by atoms with Gasteiger partial charge in [0.15, 0.2) is 0 Å². The highest BCUT2D eigenvalue weighted by atomic mass is 15.1. The summed E-state index contributed by atoms with van der Waals surface area (Å²) in [5.74, 6) is 0.286. The Morgan fingerprint density at radius 2 is 2.09 bits per heavy atom. The Hall–Kier alpha value is -0.570. The summed E-state index contributed by atoms with van der Waals surface area (Å²) in [5, 5.41) is 7.02. The maximum absolute atomic E-state index is 7.02. The molecule has 0 fully saturated rings. The van der Waals surface area contributed by atoms with Gasteiger partial charge in [-0.3, -0.25) is 5.41 Å². The van der Waals surface area contributed by atoms with E-state index in [1.165, 1.54) is 12.8 Å². The van der Waals surface area contributed by atoms with Crippen LogP contribution in [0.4, 0.5) is 0 Å². The predicted molar refractivity (Wildman–Crippen MR) is 48.9 cm³/mol. The lowest BCUT2D eigenvalue weighted by Crippen LogP contribution is -2.25. The molecule has 0 saturated carbocycles. The van der Waals surface area contributed by atoms with Crippen LogP contribution >= 0.6 is 0 Å². The molecule has 0 aromatic rings. The van der Waals surface area contributed by atoms with Gasteiger partial charge in [0.1, 0.15) is 0 Å². The standard InChI is InChI=1S/C8H19N3/c1-3-4-6-11(2)7-5-8(9)10/h3-7H2,1-2H3,(H3,9,10). The number of nitrogens with two attached hydrogens (primary N) is 1. The van der Waals surface area contributed by atoms with E-state index in [-0.39, 0.29) is 5.84 Å². The average Bonchev–Trinajstić information content (AvgIpc) is 1.97. The first-order chi connectivity index (χ1) is 5.16. The van der Waals surface area contributed by atoms with E-state index < -0.39 is 0 Å². The molecule has 0 rings (SSSR count). The Labute approximate surface area is 69.1 Å². The zero-order valence-electron chi connectivity index (χ0n) is 7.56. The van der Waals surface area contributed by atoms with Gasteiger partial charge in [0.25, 0.3) is 0 Å². The van der Waals surface area contributed by atoms with Gasteiger partial charge in [-0.2, -0.15) is 0 Å². The van der Waals surface area contributed by atoms with Gasteiger partial charge < -0.3 is 10.6 Å². The van der Waals surface area contributed by atoms with E-state index in [0.29, 0.717) is 6.42 Å². The first kappa shape index (κ1) is 10.4. The Bertz CT molecular complexity index is 112. The molecule has 11 heavy (non-hydrogen) atoms. The van der Waals surface area contributed by atoms with Gasteiger partial charge in [-0.15, -0.1) is 0 Å². The number of amidine groups is 1. The van der Waals surface area contributed by atoms with Crippen LogP contribution in [0.2, 0.25) is 0 Å². The van der Waals surface area contributed by atoms with E-state index >= 15 is 0 Å². The molecule has 0 aromatic carbocycles. The molecule has 0 aliphatic heterocycles. The fourth-order valence-electron chi connectivity index (χ4n) is 0.851. The summed E-state index contributed by atoms with van der Waals surface area (Å²) < 4.78 is 0. The molecule has 0 aliphatic carbocycles. The summed E-state index contributed by atoms with van der Waals surface area (Å²) >= 11 is 0. The van der Waals surface area contributed by atoms with Crippen LogP contribution in [0.25, 0.3) is 0 Å². The number of unbranched alkanes of at least 4 members (excludes halogenated alkanes) is 1. The lowest BCUT2D eigenvalue weighted by atomic mass is 10.3. The molecular formula is C8H19N3. The van der Waals surface area contributed by atoms with E-state index in [4.69, 9.17) is 11.1 Å². The minimum Gasteiger partial charge on any atom is -0.388 e. The monoisotopic (exact) mass is 157 g/mol. The number of hydrogen-bond acceptors (Lipinski definition) is 2. The Morgan fingerprint density at radius 1 is 1.45 bits per heavy atom. The van der Waals surface area contributed by atoms with Gasteiger partial charge in [-0.05, 0) is 20.0 Å². The van der Waals surface area contributed by atoms with Crippen LogP contribution in [0.15, 0.2) is 0 Å². The van der Waals surface area contributed by atoms with Crippen molar-refractivity contribution in [1.29, 1.82) is 5.41 Å². The Balaban J connectivity index is 3.22. The molecule has 0 bridgehead atoms. The zero-order valence-corrected chi connectivity index (χ0v) is 7.56. The summed E-state index contributed by atoms with van der Waals surface area (Å²) in [5.41, 5.74) is 5.23. The molecule has 0 radical (unpaired) electrons.